The highest BCUT2D eigenvalue weighted by molar-refractivity contribution is 6.36. The molecule has 5 aromatic carbocycles. The van der Waals surface area contributed by atoms with Crippen molar-refractivity contribution in [1.82, 2.24) is 4.57 Å². The minimum absolute atomic E-state index is 0.793. The summed E-state index contributed by atoms with van der Waals surface area (Å²) in [5.74, 6) is 0. The van der Waals surface area contributed by atoms with Gasteiger partial charge in [0.1, 0.15) is 7.85 Å². The molecule has 6 rings (SSSR count). The molecule has 2 heteroatoms. The molecule has 6 aromatic rings. The van der Waals surface area contributed by atoms with E-state index in [0.717, 1.165) is 22.2 Å². The summed E-state index contributed by atoms with van der Waals surface area (Å²) in [6, 6.07) is 42.6. The average molecular weight is 405 g/mol. The molecule has 0 unspecified atom stereocenters. The Labute approximate surface area is 189 Å². The maximum atomic E-state index is 6.33. The lowest BCUT2D eigenvalue weighted by Crippen LogP contribution is -2.06. The number of rotatable bonds is 3. The number of hydrogen-bond acceptors (Lipinski definition) is 0. The lowest BCUT2D eigenvalue weighted by atomic mass is 9.85. The van der Waals surface area contributed by atoms with Crippen molar-refractivity contribution in [3.8, 4) is 27.9 Å². The Hall–Kier alpha value is -4.04. The van der Waals surface area contributed by atoms with Crippen LogP contribution in [0.1, 0.15) is 0 Å². The second-order valence-electron chi connectivity index (χ2n) is 8.09. The minimum Gasteiger partial charge on any atom is -0.309 e. The van der Waals surface area contributed by atoms with Crippen LogP contribution in [-0.2, 0) is 0 Å². The second kappa shape index (κ2) is 7.58. The fourth-order valence-electron chi connectivity index (χ4n) is 4.61. The highest BCUT2D eigenvalue weighted by Crippen LogP contribution is 2.35. The SMILES string of the molecule is [B]c1ccc(-c2ccc3c(c2)c2ccccc2n3-c2ccccc2)cc1-c1ccccc1. The van der Waals surface area contributed by atoms with Gasteiger partial charge < -0.3 is 4.57 Å². The van der Waals surface area contributed by atoms with Gasteiger partial charge in [-0.3, -0.25) is 0 Å². The zero-order valence-electron chi connectivity index (χ0n) is 17.6. The van der Waals surface area contributed by atoms with Gasteiger partial charge >= 0.3 is 0 Å². The van der Waals surface area contributed by atoms with Crippen molar-refractivity contribution in [3.63, 3.8) is 0 Å². The summed E-state index contributed by atoms with van der Waals surface area (Å²) in [7, 11) is 6.33. The molecule has 32 heavy (non-hydrogen) atoms. The van der Waals surface area contributed by atoms with E-state index in [1.807, 2.05) is 24.3 Å². The van der Waals surface area contributed by atoms with Crippen LogP contribution in [0.15, 0.2) is 121 Å². The Morgan fingerprint density at radius 3 is 1.91 bits per heavy atom. The van der Waals surface area contributed by atoms with E-state index in [9.17, 15) is 0 Å². The average Bonchev–Trinajstić information content (AvgIpc) is 3.19. The molecular weight excluding hydrogens is 385 g/mol. The molecule has 0 aliphatic heterocycles. The summed E-state index contributed by atoms with van der Waals surface area (Å²) in [4.78, 5) is 0. The lowest BCUT2D eigenvalue weighted by Gasteiger charge is -2.11. The molecule has 1 heterocycles. The third kappa shape index (κ3) is 3.04. The molecule has 0 atom stereocenters. The minimum atomic E-state index is 0.793. The van der Waals surface area contributed by atoms with Crippen LogP contribution in [0.4, 0.5) is 0 Å². The molecule has 0 aliphatic carbocycles. The Bertz CT molecular complexity index is 1560. The zero-order chi connectivity index (χ0) is 21.5. The molecule has 0 saturated carbocycles. The van der Waals surface area contributed by atoms with E-state index in [1.165, 1.54) is 33.1 Å². The van der Waals surface area contributed by atoms with Crippen LogP contribution in [0.3, 0.4) is 0 Å². The molecule has 1 aromatic heterocycles. The van der Waals surface area contributed by atoms with Crippen LogP contribution in [0, 0.1) is 0 Å². The van der Waals surface area contributed by atoms with E-state index in [4.69, 9.17) is 7.85 Å². The summed E-state index contributed by atoms with van der Waals surface area (Å²) in [6.45, 7) is 0. The predicted molar refractivity (Wildman–Crippen MR) is 137 cm³/mol. The number of benzene rings is 5. The van der Waals surface area contributed by atoms with Gasteiger partial charge in [-0.1, -0.05) is 90.4 Å². The monoisotopic (exact) mass is 405 g/mol. The first-order chi connectivity index (χ1) is 15.8. The van der Waals surface area contributed by atoms with Crippen LogP contribution in [-0.4, -0.2) is 12.4 Å². The summed E-state index contributed by atoms with van der Waals surface area (Å²) in [5, 5.41) is 2.51. The number of para-hydroxylation sites is 2. The van der Waals surface area contributed by atoms with Gasteiger partial charge in [0, 0.05) is 16.5 Å². The van der Waals surface area contributed by atoms with E-state index < -0.39 is 0 Å². The molecular formula is C30H20BN. The van der Waals surface area contributed by atoms with Gasteiger partial charge in [0.2, 0.25) is 0 Å². The normalized spacial score (nSPS) is 11.2. The van der Waals surface area contributed by atoms with Gasteiger partial charge in [0.05, 0.1) is 11.0 Å². The van der Waals surface area contributed by atoms with Crippen LogP contribution in [0.25, 0.3) is 49.7 Å². The first-order valence-corrected chi connectivity index (χ1v) is 10.8. The summed E-state index contributed by atoms with van der Waals surface area (Å²) in [5.41, 5.74) is 8.94. The maximum absolute atomic E-state index is 6.33. The van der Waals surface area contributed by atoms with Gasteiger partial charge in [-0.15, -0.1) is 0 Å². The first-order valence-electron chi connectivity index (χ1n) is 10.8. The smallest absolute Gasteiger partial charge is 0.114 e. The molecule has 0 amide bonds. The number of hydrogen-bond donors (Lipinski definition) is 0. The highest BCUT2D eigenvalue weighted by Gasteiger charge is 2.13. The maximum Gasteiger partial charge on any atom is 0.114 e. The van der Waals surface area contributed by atoms with Crippen molar-refractivity contribution >= 4 is 35.1 Å². The van der Waals surface area contributed by atoms with E-state index in [2.05, 4.69) is 102 Å². The fraction of sp³-hybridized carbons (Fsp3) is 0. The third-order valence-electron chi connectivity index (χ3n) is 6.16. The third-order valence-corrected chi connectivity index (χ3v) is 6.16. The molecule has 2 radical (unpaired) electrons. The summed E-state index contributed by atoms with van der Waals surface area (Å²) < 4.78 is 2.34. The van der Waals surface area contributed by atoms with Crippen molar-refractivity contribution < 1.29 is 0 Å². The Morgan fingerprint density at radius 2 is 1.09 bits per heavy atom. The number of nitrogens with zero attached hydrogens (tertiary/aromatic N) is 1. The Kier molecular flexibility index (Phi) is 4.43. The lowest BCUT2D eigenvalue weighted by molar-refractivity contribution is 1.18. The van der Waals surface area contributed by atoms with E-state index in [-0.39, 0.29) is 0 Å². The Balaban J connectivity index is 1.57. The number of fused-ring (bicyclic) bond motifs is 3. The van der Waals surface area contributed by atoms with Crippen LogP contribution in [0.5, 0.6) is 0 Å². The molecule has 0 spiro atoms. The summed E-state index contributed by atoms with van der Waals surface area (Å²) in [6.07, 6.45) is 0. The molecule has 0 aliphatic rings. The molecule has 148 valence electrons. The molecule has 0 fully saturated rings. The van der Waals surface area contributed by atoms with E-state index in [1.54, 1.807) is 0 Å². The quantitative estimate of drug-likeness (QED) is 0.282. The zero-order valence-corrected chi connectivity index (χ0v) is 17.6. The van der Waals surface area contributed by atoms with E-state index in [0.29, 0.717) is 0 Å². The van der Waals surface area contributed by atoms with Gasteiger partial charge in [-0.2, -0.15) is 0 Å². The topological polar surface area (TPSA) is 4.93 Å². The standard InChI is InChI=1S/C30H20BN/c31-28-17-15-22(19-26(28)21-9-3-1-4-10-21)23-16-18-30-27(20-23)25-13-7-8-14-29(25)32(30)24-11-5-2-6-12-24/h1-20H. The fourth-order valence-corrected chi connectivity index (χ4v) is 4.61. The Morgan fingerprint density at radius 1 is 0.469 bits per heavy atom. The van der Waals surface area contributed by atoms with Crippen molar-refractivity contribution in [2.24, 2.45) is 0 Å². The van der Waals surface area contributed by atoms with Crippen LogP contribution < -0.4 is 5.46 Å². The number of aromatic nitrogens is 1. The van der Waals surface area contributed by atoms with Gasteiger partial charge in [-0.25, -0.2) is 0 Å². The van der Waals surface area contributed by atoms with Gasteiger partial charge in [0.15, 0.2) is 0 Å². The van der Waals surface area contributed by atoms with Gasteiger partial charge in [0.25, 0.3) is 0 Å². The van der Waals surface area contributed by atoms with Crippen LogP contribution >= 0.6 is 0 Å². The summed E-state index contributed by atoms with van der Waals surface area (Å²) >= 11 is 0. The van der Waals surface area contributed by atoms with Crippen molar-refractivity contribution in [2.45, 2.75) is 0 Å². The molecule has 0 bridgehead atoms. The van der Waals surface area contributed by atoms with Crippen molar-refractivity contribution in [3.05, 3.63) is 121 Å². The van der Waals surface area contributed by atoms with Crippen molar-refractivity contribution in [2.75, 3.05) is 0 Å². The second-order valence-corrected chi connectivity index (χ2v) is 8.09. The highest BCUT2D eigenvalue weighted by atomic mass is 15.0. The van der Waals surface area contributed by atoms with Crippen LogP contribution in [0.2, 0.25) is 0 Å². The van der Waals surface area contributed by atoms with E-state index >= 15 is 0 Å². The largest absolute Gasteiger partial charge is 0.309 e. The first kappa shape index (κ1) is 18.7. The molecule has 0 saturated heterocycles. The molecule has 1 nitrogen and oxygen atoms in total. The van der Waals surface area contributed by atoms with Crippen molar-refractivity contribution in [1.29, 1.82) is 0 Å². The van der Waals surface area contributed by atoms with Gasteiger partial charge in [-0.05, 0) is 58.7 Å². The molecule has 0 N–H and O–H groups in total. The predicted octanol–water partition coefficient (Wildman–Crippen LogP) is 6.91.